The number of rotatable bonds is 2. The van der Waals surface area contributed by atoms with E-state index in [4.69, 9.17) is 5.73 Å². The van der Waals surface area contributed by atoms with Crippen LogP contribution in [0.25, 0.3) is 0 Å². The molecule has 0 amide bonds. The van der Waals surface area contributed by atoms with Gasteiger partial charge in [0, 0.05) is 31.7 Å². The van der Waals surface area contributed by atoms with E-state index >= 15 is 0 Å². The predicted molar refractivity (Wildman–Crippen MR) is 54.4 cm³/mol. The first-order valence-corrected chi connectivity index (χ1v) is 5.00. The van der Waals surface area contributed by atoms with Crippen molar-refractivity contribution in [3.8, 4) is 0 Å². The largest absolute Gasteiger partial charge is 0.329 e. The fourth-order valence-corrected chi connectivity index (χ4v) is 1.97. The van der Waals surface area contributed by atoms with Crippen molar-refractivity contribution in [3.05, 3.63) is 35.1 Å². The van der Waals surface area contributed by atoms with Crippen LogP contribution < -0.4 is 5.73 Å². The monoisotopic (exact) mass is 194 g/mol. The third kappa shape index (κ3) is 1.79. The van der Waals surface area contributed by atoms with Crippen molar-refractivity contribution in [3.63, 3.8) is 0 Å². The molecule has 0 bridgehead atoms. The summed E-state index contributed by atoms with van der Waals surface area (Å²) in [5.41, 5.74) is 7.49. The molecule has 0 radical (unpaired) electrons. The highest BCUT2D eigenvalue weighted by atomic mass is 19.1. The summed E-state index contributed by atoms with van der Waals surface area (Å²) in [6, 6.07) is 5.33. The molecule has 3 heteroatoms. The lowest BCUT2D eigenvalue weighted by Gasteiger charge is -2.28. The molecule has 2 rings (SSSR count). The number of benzene rings is 1. The van der Waals surface area contributed by atoms with Gasteiger partial charge in [-0.2, -0.15) is 0 Å². The Morgan fingerprint density at radius 1 is 1.43 bits per heavy atom. The Morgan fingerprint density at radius 2 is 2.29 bits per heavy atom. The van der Waals surface area contributed by atoms with Crippen LogP contribution in [-0.2, 0) is 13.0 Å². The van der Waals surface area contributed by atoms with Gasteiger partial charge in [-0.05, 0) is 18.1 Å². The Labute approximate surface area is 83.5 Å². The molecule has 1 aliphatic rings. The fraction of sp³-hybridized carbons (Fsp3) is 0.455. The molecule has 1 heterocycles. The molecule has 0 aromatic heterocycles. The van der Waals surface area contributed by atoms with Gasteiger partial charge >= 0.3 is 0 Å². The van der Waals surface area contributed by atoms with Crippen LogP contribution in [0.3, 0.4) is 0 Å². The van der Waals surface area contributed by atoms with Gasteiger partial charge in [-0.3, -0.25) is 4.90 Å². The molecular weight excluding hydrogens is 179 g/mol. The molecule has 0 atom stereocenters. The summed E-state index contributed by atoms with van der Waals surface area (Å²) in [5.74, 6) is -0.0794. The molecule has 2 N–H and O–H groups in total. The maximum absolute atomic E-state index is 13.4. The van der Waals surface area contributed by atoms with Crippen LogP contribution >= 0.6 is 0 Å². The van der Waals surface area contributed by atoms with Gasteiger partial charge in [-0.15, -0.1) is 0 Å². The van der Waals surface area contributed by atoms with Gasteiger partial charge < -0.3 is 5.73 Å². The van der Waals surface area contributed by atoms with Gasteiger partial charge in [-0.1, -0.05) is 12.1 Å². The second-order valence-corrected chi connectivity index (χ2v) is 3.69. The molecule has 1 aliphatic heterocycles. The van der Waals surface area contributed by atoms with E-state index in [0.29, 0.717) is 13.1 Å². The van der Waals surface area contributed by atoms with E-state index in [1.54, 1.807) is 6.07 Å². The molecule has 1 aromatic carbocycles. The summed E-state index contributed by atoms with van der Waals surface area (Å²) in [5, 5.41) is 0. The highest BCUT2D eigenvalue weighted by molar-refractivity contribution is 5.30. The molecule has 0 saturated carbocycles. The Balaban J connectivity index is 2.20. The van der Waals surface area contributed by atoms with Crippen LogP contribution in [0.1, 0.15) is 11.1 Å². The molecule has 0 fully saturated rings. The van der Waals surface area contributed by atoms with E-state index in [-0.39, 0.29) is 5.82 Å². The molecule has 1 aromatic rings. The standard InChI is InChI=1S/C11H15FN2/c12-11-3-1-2-9-4-6-14(7-5-13)8-10(9)11/h1-3H,4-8,13H2. The number of fused-ring (bicyclic) bond motifs is 1. The molecule has 0 unspecified atom stereocenters. The van der Waals surface area contributed by atoms with Gasteiger partial charge in [-0.25, -0.2) is 4.39 Å². The number of nitrogens with zero attached hydrogens (tertiary/aromatic N) is 1. The van der Waals surface area contributed by atoms with Crippen LogP contribution in [0.5, 0.6) is 0 Å². The Morgan fingerprint density at radius 3 is 3.07 bits per heavy atom. The van der Waals surface area contributed by atoms with Gasteiger partial charge in [0.25, 0.3) is 0 Å². The van der Waals surface area contributed by atoms with Crippen molar-refractivity contribution in [2.75, 3.05) is 19.6 Å². The molecule has 0 saturated heterocycles. The van der Waals surface area contributed by atoms with Crippen LogP contribution in [0.2, 0.25) is 0 Å². The van der Waals surface area contributed by atoms with Crippen LogP contribution in [0, 0.1) is 5.82 Å². The second-order valence-electron chi connectivity index (χ2n) is 3.69. The van der Waals surface area contributed by atoms with Gasteiger partial charge in [0.15, 0.2) is 0 Å². The summed E-state index contributed by atoms with van der Waals surface area (Å²) < 4.78 is 13.4. The minimum Gasteiger partial charge on any atom is -0.329 e. The minimum atomic E-state index is -0.0794. The molecule has 2 nitrogen and oxygen atoms in total. The average Bonchev–Trinajstić information content (AvgIpc) is 2.20. The van der Waals surface area contributed by atoms with Crippen LogP contribution in [-0.4, -0.2) is 24.5 Å². The highest BCUT2D eigenvalue weighted by Gasteiger charge is 2.17. The first-order chi connectivity index (χ1) is 6.81. The lowest BCUT2D eigenvalue weighted by atomic mass is 9.99. The summed E-state index contributed by atoms with van der Waals surface area (Å²) in [6.45, 7) is 3.20. The maximum Gasteiger partial charge on any atom is 0.127 e. The van der Waals surface area contributed by atoms with Crippen molar-refractivity contribution in [2.45, 2.75) is 13.0 Å². The van der Waals surface area contributed by atoms with Gasteiger partial charge in [0.1, 0.15) is 5.82 Å². The molecule has 0 aliphatic carbocycles. The number of nitrogens with two attached hydrogens (primary N) is 1. The first-order valence-electron chi connectivity index (χ1n) is 5.00. The van der Waals surface area contributed by atoms with Crippen molar-refractivity contribution >= 4 is 0 Å². The summed E-state index contributed by atoms with van der Waals surface area (Å²) >= 11 is 0. The highest BCUT2D eigenvalue weighted by Crippen LogP contribution is 2.20. The van der Waals surface area contributed by atoms with Crippen molar-refractivity contribution in [1.29, 1.82) is 0 Å². The van der Waals surface area contributed by atoms with E-state index in [1.165, 1.54) is 6.07 Å². The number of hydrogen-bond donors (Lipinski definition) is 1. The first kappa shape index (κ1) is 9.62. The summed E-state index contributed by atoms with van der Waals surface area (Å²) in [7, 11) is 0. The number of hydrogen-bond acceptors (Lipinski definition) is 2. The van der Waals surface area contributed by atoms with Crippen molar-refractivity contribution in [1.82, 2.24) is 4.90 Å². The van der Waals surface area contributed by atoms with E-state index in [0.717, 1.165) is 30.6 Å². The van der Waals surface area contributed by atoms with Crippen molar-refractivity contribution in [2.24, 2.45) is 5.73 Å². The third-order valence-corrected chi connectivity index (χ3v) is 2.74. The van der Waals surface area contributed by atoms with Gasteiger partial charge in [0.2, 0.25) is 0 Å². The van der Waals surface area contributed by atoms with Crippen LogP contribution in [0.15, 0.2) is 18.2 Å². The van der Waals surface area contributed by atoms with Crippen molar-refractivity contribution < 1.29 is 4.39 Å². The Bertz CT molecular complexity index is 325. The van der Waals surface area contributed by atoms with Gasteiger partial charge in [0.05, 0.1) is 0 Å². The third-order valence-electron chi connectivity index (χ3n) is 2.74. The van der Waals surface area contributed by atoms with E-state index in [1.807, 2.05) is 6.07 Å². The molecule has 76 valence electrons. The van der Waals surface area contributed by atoms with Crippen LogP contribution in [0.4, 0.5) is 4.39 Å². The Hall–Kier alpha value is -0.930. The zero-order valence-corrected chi connectivity index (χ0v) is 8.17. The summed E-state index contributed by atoms with van der Waals surface area (Å²) in [4.78, 5) is 2.20. The Kier molecular flexibility index (Phi) is 2.79. The second kappa shape index (κ2) is 4.07. The topological polar surface area (TPSA) is 29.3 Å². The SMILES string of the molecule is NCCN1CCc2cccc(F)c2C1. The van der Waals surface area contributed by atoms with E-state index in [9.17, 15) is 4.39 Å². The lowest BCUT2D eigenvalue weighted by Crippen LogP contribution is -2.34. The van der Waals surface area contributed by atoms with E-state index in [2.05, 4.69) is 4.90 Å². The predicted octanol–water partition coefficient (Wildman–Crippen LogP) is 1.14. The maximum atomic E-state index is 13.4. The zero-order valence-electron chi connectivity index (χ0n) is 8.17. The normalized spacial score (nSPS) is 16.7. The lowest BCUT2D eigenvalue weighted by molar-refractivity contribution is 0.256. The fourth-order valence-electron chi connectivity index (χ4n) is 1.97. The smallest absolute Gasteiger partial charge is 0.127 e. The van der Waals surface area contributed by atoms with E-state index < -0.39 is 0 Å². The minimum absolute atomic E-state index is 0.0794. The zero-order chi connectivity index (χ0) is 9.97. The molecule has 14 heavy (non-hydrogen) atoms. The molecule has 0 spiro atoms. The average molecular weight is 194 g/mol. The molecular formula is C11H15FN2. The quantitative estimate of drug-likeness (QED) is 0.765. The summed E-state index contributed by atoms with van der Waals surface area (Å²) in [6.07, 6.45) is 0.938. The number of halogens is 1.